The number of phenols is 1. The molecule has 21 heavy (non-hydrogen) atoms. The average molecular weight is 315 g/mol. The van der Waals surface area contributed by atoms with Crippen LogP contribution in [0.4, 0.5) is 0 Å². The maximum absolute atomic E-state index is 12.5. The molecule has 0 amide bonds. The van der Waals surface area contributed by atoms with E-state index in [-0.39, 0.29) is 36.6 Å². The van der Waals surface area contributed by atoms with Crippen LogP contribution in [0.25, 0.3) is 0 Å². The number of ether oxygens (including phenoxy) is 1. The van der Waals surface area contributed by atoms with Gasteiger partial charge in [-0.2, -0.15) is 4.31 Å². The number of aromatic hydroxyl groups is 1. The van der Waals surface area contributed by atoms with Crippen molar-refractivity contribution >= 4 is 16.0 Å². The van der Waals surface area contributed by atoms with Crippen LogP contribution in [0.2, 0.25) is 0 Å². The summed E-state index contributed by atoms with van der Waals surface area (Å²) in [6, 6.07) is 3.94. The van der Waals surface area contributed by atoms with Crippen LogP contribution in [0.1, 0.15) is 12.0 Å². The molecule has 0 radical (unpaired) electrons. The number of carbonyl (C=O) groups is 1. The standard InChI is InChI=1S/C13H17NO6S/c15-12-3-2-11(9-10(12)1-4-13(16)17)21(18,19)14-5-7-20-8-6-14/h2-3,9,15H,1,4-8H2,(H,16,17). The minimum absolute atomic E-state index is 0.0580. The van der Waals surface area contributed by atoms with Crippen molar-refractivity contribution in [1.29, 1.82) is 0 Å². The third-order valence-corrected chi connectivity index (χ3v) is 5.16. The Kier molecular flexibility index (Phi) is 4.81. The fourth-order valence-electron chi connectivity index (χ4n) is 2.10. The number of morpholine rings is 1. The number of carboxylic acids is 1. The lowest BCUT2D eigenvalue weighted by Crippen LogP contribution is -2.40. The van der Waals surface area contributed by atoms with Gasteiger partial charge >= 0.3 is 5.97 Å². The molecule has 0 unspecified atom stereocenters. The largest absolute Gasteiger partial charge is 0.508 e. The Morgan fingerprint density at radius 2 is 1.95 bits per heavy atom. The summed E-state index contributed by atoms with van der Waals surface area (Å²) >= 11 is 0. The van der Waals surface area contributed by atoms with E-state index in [0.717, 1.165) is 0 Å². The predicted octanol–water partition coefficient (Wildman–Crippen LogP) is 0.430. The average Bonchev–Trinajstić information content (AvgIpc) is 2.47. The van der Waals surface area contributed by atoms with E-state index in [1.54, 1.807) is 0 Å². The molecule has 8 heteroatoms. The van der Waals surface area contributed by atoms with Crippen LogP contribution in [0, 0.1) is 0 Å². The van der Waals surface area contributed by atoms with Gasteiger partial charge in [-0.05, 0) is 30.2 Å². The Balaban J connectivity index is 2.26. The zero-order chi connectivity index (χ0) is 15.5. The summed E-state index contributed by atoms with van der Waals surface area (Å²) in [5.41, 5.74) is 0.312. The minimum Gasteiger partial charge on any atom is -0.508 e. The molecule has 1 aliphatic heterocycles. The first kappa shape index (κ1) is 15.7. The molecule has 0 atom stereocenters. The molecule has 7 nitrogen and oxygen atoms in total. The Morgan fingerprint density at radius 1 is 1.29 bits per heavy atom. The molecule has 1 saturated heterocycles. The second-order valence-corrected chi connectivity index (χ2v) is 6.64. The molecular formula is C13H17NO6S. The highest BCUT2D eigenvalue weighted by atomic mass is 32.2. The Hall–Kier alpha value is -1.64. The van der Waals surface area contributed by atoms with Crippen molar-refractivity contribution in [2.24, 2.45) is 0 Å². The van der Waals surface area contributed by atoms with Gasteiger partial charge in [0.25, 0.3) is 0 Å². The number of hydrogen-bond acceptors (Lipinski definition) is 5. The van der Waals surface area contributed by atoms with Gasteiger partial charge < -0.3 is 14.9 Å². The zero-order valence-electron chi connectivity index (χ0n) is 11.4. The summed E-state index contributed by atoms with van der Waals surface area (Å²) in [6.45, 7) is 1.27. The second kappa shape index (κ2) is 6.42. The smallest absolute Gasteiger partial charge is 0.303 e. The third-order valence-electron chi connectivity index (χ3n) is 3.27. The molecule has 1 aromatic carbocycles. The van der Waals surface area contributed by atoms with Gasteiger partial charge in [-0.1, -0.05) is 0 Å². The summed E-state index contributed by atoms with van der Waals surface area (Å²) in [6.07, 6.45) is -0.0950. The van der Waals surface area contributed by atoms with Crippen molar-refractivity contribution in [1.82, 2.24) is 4.31 Å². The van der Waals surface area contributed by atoms with E-state index in [1.807, 2.05) is 0 Å². The van der Waals surface area contributed by atoms with E-state index >= 15 is 0 Å². The molecule has 116 valence electrons. The Morgan fingerprint density at radius 3 is 2.57 bits per heavy atom. The number of sulfonamides is 1. The van der Waals surface area contributed by atoms with E-state index < -0.39 is 16.0 Å². The first-order valence-corrected chi connectivity index (χ1v) is 7.97. The van der Waals surface area contributed by atoms with Gasteiger partial charge in [0.1, 0.15) is 5.75 Å². The molecule has 0 saturated carbocycles. The maximum atomic E-state index is 12.5. The summed E-state index contributed by atoms with van der Waals surface area (Å²) in [5, 5.41) is 18.4. The maximum Gasteiger partial charge on any atom is 0.303 e. The molecule has 1 aromatic rings. The Labute approximate surface area is 122 Å². The molecular weight excluding hydrogens is 298 g/mol. The van der Waals surface area contributed by atoms with Crippen molar-refractivity contribution in [2.75, 3.05) is 26.3 Å². The SMILES string of the molecule is O=C(O)CCc1cc(S(=O)(=O)N2CCOCC2)ccc1O. The highest BCUT2D eigenvalue weighted by Crippen LogP contribution is 2.25. The van der Waals surface area contributed by atoms with E-state index in [2.05, 4.69) is 0 Å². The van der Waals surface area contributed by atoms with Crippen LogP contribution in [0.5, 0.6) is 5.75 Å². The molecule has 0 spiro atoms. The van der Waals surface area contributed by atoms with E-state index in [0.29, 0.717) is 18.8 Å². The second-order valence-electron chi connectivity index (χ2n) is 4.70. The molecule has 2 N–H and O–H groups in total. The summed E-state index contributed by atoms with van der Waals surface area (Å²) in [4.78, 5) is 10.6. The number of phenolic OH excluding ortho intramolecular Hbond substituents is 1. The van der Waals surface area contributed by atoms with E-state index in [4.69, 9.17) is 9.84 Å². The highest BCUT2D eigenvalue weighted by Gasteiger charge is 2.26. The Bertz CT molecular complexity index is 622. The fourth-order valence-corrected chi connectivity index (χ4v) is 3.56. The number of hydrogen-bond donors (Lipinski definition) is 2. The van der Waals surface area contributed by atoms with Crippen molar-refractivity contribution < 1.29 is 28.2 Å². The molecule has 0 bridgehead atoms. The summed E-state index contributed by atoms with van der Waals surface area (Å²) in [7, 11) is -3.65. The van der Waals surface area contributed by atoms with Gasteiger partial charge in [-0.3, -0.25) is 4.79 Å². The van der Waals surface area contributed by atoms with Gasteiger partial charge in [-0.25, -0.2) is 8.42 Å². The number of aryl methyl sites for hydroxylation is 1. The molecule has 0 aliphatic carbocycles. The molecule has 2 rings (SSSR count). The lowest BCUT2D eigenvalue weighted by atomic mass is 10.1. The molecule has 1 fully saturated rings. The van der Waals surface area contributed by atoms with Gasteiger partial charge in [0.15, 0.2) is 0 Å². The quantitative estimate of drug-likeness (QED) is 0.816. The van der Waals surface area contributed by atoms with Gasteiger partial charge in [-0.15, -0.1) is 0 Å². The monoisotopic (exact) mass is 315 g/mol. The number of benzene rings is 1. The number of aliphatic carboxylic acids is 1. The highest BCUT2D eigenvalue weighted by molar-refractivity contribution is 7.89. The first-order chi connectivity index (χ1) is 9.91. The van der Waals surface area contributed by atoms with Crippen molar-refractivity contribution in [3.8, 4) is 5.75 Å². The minimum atomic E-state index is -3.65. The van der Waals surface area contributed by atoms with Crippen LogP contribution in [-0.4, -0.2) is 55.2 Å². The van der Waals surface area contributed by atoms with Crippen LogP contribution in [-0.2, 0) is 26.0 Å². The summed E-state index contributed by atoms with van der Waals surface area (Å²) < 4.78 is 31.4. The fraction of sp³-hybridized carbons (Fsp3) is 0.462. The van der Waals surface area contributed by atoms with Gasteiger partial charge in [0.2, 0.25) is 10.0 Å². The number of carboxylic acid groups (broad SMARTS) is 1. The lowest BCUT2D eigenvalue weighted by Gasteiger charge is -2.26. The molecule has 0 aromatic heterocycles. The first-order valence-electron chi connectivity index (χ1n) is 6.53. The van der Waals surface area contributed by atoms with Crippen LogP contribution in [0.3, 0.4) is 0 Å². The van der Waals surface area contributed by atoms with Crippen LogP contribution in [0.15, 0.2) is 23.1 Å². The van der Waals surface area contributed by atoms with Crippen molar-refractivity contribution in [3.05, 3.63) is 23.8 Å². The normalized spacial score (nSPS) is 16.8. The summed E-state index contributed by atoms with van der Waals surface area (Å²) in [5.74, 6) is -1.10. The van der Waals surface area contributed by atoms with Gasteiger partial charge in [0, 0.05) is 19.5 Å². The van der Waals surface area contributed by atoms with E-state index in [1.165, 1.54) is 22.5 Å². The lowest BCUT2D eigenvalue weighted by molar-refractivity contribution is -0.136. The predicted molar refractivity (Wildman–Crippen MR) is 73.6 cm³/mol. The molecule has 1 heterocycles. The number of nitrogens with zero attached hydrogens (tertiary/aromatic N) is 1. The van der Waals surface area contributed by atoms with Crippen molar-refractivity contribution in [3.63, 3.8) is 0 Å². The zero-order valence-corrected chi connectivity index (χ0v) is 12.2. The van der Waals surface area contributed by atoms with Crippen molar-refractivity contribution in [2.45, 2.75) is 17.7 Å². The van der Waals surface area contributed by atoms with E-state index in [9.17, 15) is 18.3 Å². The van der Waals surface area contributed by atoms with Crippen LogP contribution >= 0.6 is 0 Å². The van der Waals surface area contributed by atoms with Crippen LogP contribution < -0.4 is 0 Å². The third kappa shape index (κ3) is 3.72. The topological polar surface area (TPSA) is 104 Å². The molecule has 1 aliphatic rings. The number of rotatable bonds is 5. The van der Waals surface area contributed by atoms with Gasteiger partial charge in [0.05, 0.1) is 18.1 Å².